The van der Waals surface area contributed by atoms with Crippen molar-refractivity contribution in [2.75, 3.05) is 26.4 Å². The van der Waals surface area contributed by atoms with E-state index in [1.54, 1.807) is 0 Å². The molecule has 0 amide bonds. The number of rotatable bonds is 12. The molecule has 1 atom stereocenters. The van der Waals surface area contributed by atoms with Crippen LogP contribution in [0, 0.1) is 0 Å². The monoisotopic (exact) mass is 272 g/mol. The average Bonchev–Trinajstić information content (AvgIpc) is 2.46. The summed E-state index contributed by atoms with van der Waals surface area (Å²) >= 11 is 0. The summed E-state index contributed by atoms with van der Waals surface area (Å²) in [6, 6.07) is 0. The summed E-state index contributed by atoms with van der Waals surface area (Å²) in [5.41, 5.74) is 0. The van der Waals surface area contributed by atoms with Crippen LogP contribution in [0.25, 0.3) is 0 Å². The molecule has 1 aliphatic heterocycles. The molecule has 1 unspecified atom stereocenters. The van der Waals surface area contributed by atoms with E-state index < -0.39 is 0 Å². The molecule has 0 aliphatic carbocycles. The van der Waals surface area contributed by atoms with Crippen molar-refractivity contribution in [2.24, 2.45) is 0 Å². The van der Waals surface area contributed by atoms with Gasteiger partial charge in [0.1, 0.15) is 0 Å². The molecule has 1 heterocycles. The second kappa shape index (κ2) is 12.9. The maximum atomic E-state index is 5.61. The number of unbranched alkanes of at least 4 members (excludes halogenated alkanes) is 6. The Hall–Kier alpha value is -0.120. The van der Waals surface area contributed by atoms with Gasteiger partial charge in [-0.05, 0) is 25.7 Å². The van der Waals surface area contributed by atoms with Crippen LogP contribution in [0.15, 0.2) is 0 Å². The van der Waals surface area contributed by atoms with Crippen LogP contribution in [0.2, 0.25) is 0 Å². The van der Waals surface area contributed by atoms with Crippen molar-refractivity contribution in [3.8, 4) is 0 Å². The van der Waals surface area contributed by atoms with Crippen molar-refractivity contribution in [3.63, 3.8) is 0 Å². The normalized spacial score (nSPS) is 19.7. The summed E-state index contributed by atoms with van der Waals surface area (Å²) in [7, 11) is 0. The van der Waals surface area contributed by atoms with Gasteiger partial charge in [-0.2, -0.15) is 0 Å². The highest BCUT2D eigenvalue weighted by atomic mass is 16.7. The molecule has 0 N–H and O–H groups in total. The fourth-order valence-corrected chi connectivity index (χ4v) is 2.34. The minimum absolute atomic E-state index is 0.0240. The van der Waals surface area contributed by atoms with E-state index in [-0.39, 0.29) is 6.29 Å². The third-order valence-corrected chi connectivity index (χ3v) is 3.56. The highest BCUT2D eigenvalue weighted by molar-refractivity contribution is 4.53. The first-order valence-corrected chi connectivity index (χ1v) is 8.24. The molecular weight excluding hydrogens is 240 g/mol. The largest absolute Gasteiger partial charge is 0.379 e. The summed E-state index contributed by atoms with van der Waals surface area (Å²) in [6.45, 7) is 5.36. The summed E-state index contributed by atoms with van der Waals surface area (Å²) < 4.78 is 16.7. The van der Waals surface area contributed by atoms with E-state index in [0.717, 1.165) is 19.6 Å². The molecule has 0 bridgehead atoms. The maximum absolute atomic E-state index is 5.61. The summed E-state index contributed by atoms with van der Waals surface area (Å²) in [4.78, 5) is 0. The van der Waals surface area contributed by atoms with Crippen LogP contribution in [0.3, 0.4) is 0 Å². The van der Waals surface area contributed by atoms with E-state index >= 15 is 0 Å². The van der Waals surface area contributed by atoms with Gasteiger partial charge in [0.25, 0.3) is 0 Å². The Balaban J connectivity index is 1.71. The topological polar surface area (TPSA) is 27.7 Å². The van der Waals surface area contributed by atoms with Crippen LogP contribution >= 0.6 is 0 Å². The van der Waals surface area contributed by atoms with Crippen molar-refractivity contribution in [1.29, 1.82) is 0 Å². The third-order valence-electron chi connectivity index (χ3n) is 3.56. The van der Waals surface area contributed by atoms with Crippen molar-refractivity contribution in [1.82, 2.24) is 0 Å². The zero-order valence-corrected chi connectivity index (χ0v) is 12.7. The van der Waals surface area contributed by atoms with E-state index in [1.807, 2.05) is 0 Å². The standard InChI is InChI=1S/C16H32O3/c1-2-3-4-5-6-7-9-12-17-14-15-19-16-11-8-10-13-18-16/h16H,2-15H2,1H3. The molecule has 0 aromatic heterocycles. The van der Waals surface area contributed by atoms with Gasteiger partial charge >= 0.3 is 0 Å². The minimum atomic E-state index is 0.0240. The van der Waals surface area contributed by atoms with Gasteiger partial charge in [0.2, 0.25) is 0 Å². The molecule has 0 aromatic carbocycles. The first-order valence-electron chi connectivity index (χ1n) is 8.24. The van der Waals surface area contributed by atoms with E-state index in [4.69, 9.17) is 14.2 Å². The van der Waals surface area contributed by atoms with Gasteiger partial charge in [-0.1, -0.05) is 45.4 Å². The van der Waals surface area contributed by atoms with Crippen molar-refractivity contribution in [3.05, 3.63) is 0 Å². The molecular formula is C16H32O3. The van der Waals surface area contributed by atoms with Crippen LogP contribution < -0.4 is 0 Å². The molecule has 19 heavy (non-hydrogen) atoms. The van der Waals surface area contributed by atoms with Gasteiger partial charge in [-0.25, -0.2) is 0 Å². The fourth-order valence-electron chi connectivity index (χ4n) is 2.34. The highest BCUT2D eigenvalue weighted by Crippen LogP contribution is 2.13. The Kier molecular flexibility index (Phi) is 11.5. The number of hydrogen-bond donors (Lipinski definition) is 0. The number of hydrogen-bond acceptors (Lipinski definition) is 3. The highest BCUT2D eigenvalue weighted by Gasteiger charge is 2.13. The number of ether oxygens (including phenoxy) is 3. The SMILES string of the molecule is CCCCCCCCCOCCOC1CCCCO1. The smallest absolute Gasteiger partial charge is 0.157 e. The lowest BCUT2D eigenvalue weighted by molar-refractivity contribution is -0.169. The molecule has 3 nitrogen and oxygen atoms in total. The molecule has 1 fully saturated rings. The Labute approximate surface area is 119 Å². The molecule has 0 aromatic rings. The molecule has 0 spiro atoms. The minimum Gasteiger partial charge on any atom is -0.379 e. The van der Waals surface area contributed by atoms with E-state index in [0.29, 0.717) is 13.2 Å². The molecule has 1 aliphatic rings. The molecule has 3 heteroatoms. The zero-order valence-electron chi connectivity index (χ0n) is 12.7. The maximum Gasteiger partial charge on any atom is 0.157 e. The Morgan fingerprint density at radius 2 is 1.68 bits per heavy atom. The average molecular weight is 272 g/mol. The summed E-state index contributed by atoms with van der Waals surface area (Å²) in [5.74, 6) is 0. The summed E-state index contributed by atoms with van der Waals surface area (Å²) in [6.07, 6.45) is 12.8. The van der Waals surface area contributed by atoms with Crippen molar-refractivity contribution in [2.45, 2.75) is 77.4 Å². The first kappa shape index (κ1) is 16.9. The van der Waals surface area contributed by atoms with Crippen LogP contribution in [0.5, 0.6) is 0 Å². The lowest BCUT2D eigenvalue weighted by atomic mass is 10.1. The lowest BCUT2D eigenvalue weighted by Crippen LogP contribution is -2.24. The third kappa shape index (κ3) is 10.3. The predicted molar refractivity (Wildman–Crippen MR) is 78.4 cm³/mol. The van der Waals surface area contributed by atoms with Gasteiger partial charge in [0, 0.05) is 13.2 Å². The lowest BCUT2D eigenvalue weighted by Gasteiger charge is -2.22. The van der Waals surface area contributed by atoms with Gasteiger partial charge in [-0.3, -0.25) is 0 Å². The van der Waals surface area contributed by atoms with Gasteiger partial charge in [0.05, 0.1) is 13.2 Å². The Morgan fingerprint density at radius 1 is 0.895 bits per heavy atom. The van der Waals surface area contributed by atoms with Crippen molar-refractivity contribution < 1.29 is 14.2 Å². The van der Waals surface area contributed by atoms with E-state index in [2.05, 4.69) is 6.92 Å². The molecule has 114 valence electrons. The van der Waals surface area contributed by atoms with Gasteiger partial charge in [-0.15, -0.1) is 0 Å². The van der Waals surface area contributed by atoms with Crippen LogP contribution in [0.4, 0.5) is 0 Å². The predicted octanol–water partition coefficient (Wildman–Crippen LogP) is 4.30. The second-order valence-corrected chi connectivity index (χ2v) is 5.40. The molecule has 0 saturated carbocycles. The fraction of sp³-hybridized carbons (Fsp3) is 1.00. The van der Waals surface area contributed by atoms with E-state index in [9.17, 15) is 0 Å². The second-order valence-electron chi connectivity index (χ2n) is 5.40. The van der Waals surface area contributed by atoms with Crippen LogP contribution in [-0.2, 0) is 14.2 Å². The summed E-state index contributed by atoms with van der Waals surface area (Å²) in [5, 5.41) is 0. The van der Waals surface area contributed by atoms with Crippen LogP contribution in [0.1, 0.15) is 71.1 Å². The Morgan fingerprint density at radius 3 is 2.42 bits per heavy atom. The van der Waals surface area contributed by atoms with Gasteiger partial charge < -0.3 is 14.2 Å². The van der Waals surface area contributed by atoms with Gasteiger partial charge in [0.15, 0.2) is 6.29 Å². The molecule has 0 radical (unpaired) electrons. The molecule has 1 rings (SSSR count). The Bertz CT molecular complexity index is 179. The quantitative estimate of drug-likeness (QED) is 0.496. The van der Waals surface area contributed by atoms with Crippen LogP contribution in [-0.4, -0.2) is 32.7 Å². The zero-order chi connectivity index (χ0) is 13.6. The van der Waals surface area contributed by atoms with Crippen molar-refractivity contribution >= 4 is 0 Å². The molecule has 1 saturated heterocycles. The first-order chi connectivity index (χ1) is 9.43. The van der Waals surface area contributed by atoms with E-state index in [1.165, 1.54) is 57.8 Å².